The monoisotopic (exact) mass is 348 g/mol. The lowest BCUT2D eigenvalue weighted by molar-refractivity contribution is -0.142. The summed E-state index contributed by atoms with van der Waals surface area (Å²) >= 11 is 3.40. The maximum absolute atomic E-state index is 11.3. The van der Waals surface area contributed by atoms with Crippen molar-refractivity contribution >= 4 is 21.9 Å². The van der Waals surface area contributed by atoms with Crippen molar-refractivity contribution < 1.29 is 14.4 Å². The second-order valence-corrected chi connectivity index (χ2v) is 5.88. The highest BCUT2D eigenvalue weighted by molar-refractivity contribution is 9.10. The number of carboxylic acid groups (broad SMARTS) is 1. The molecule has 108 valence electrons. The van der Waals surface area contributed by atoms with E-state index in [1.54, 1.807) is 0 Å². The van der Waals surface area contributed by atoms with Crippen LogP contribution >= 0.6 is 15.9 Å². The smallest absolute Gasteiger partial charge is 0.307 e. The Hall–Kier alpha value is -1.95. The molecule has 3 rings (SSSR count). The number of halogens is 1. The summed E-state index contributed by atoms with van der Waals surface area (Å²) in [4.78, 5) is 15.7. The summed E-state index contributed by atoms with van der Waals surface area (Å²) < 4.78 is 6.23. The predicted molar refractivity (Wildman–Crippen MR) is 79.7 cm³/mol. The van der Waals surface area contributed by atoms with Gasteiger partial charge in [0.2, 0.25) is 11.7 Å². The van der Waals surface area contributed by atoms with Crippen molar-refractivity contribution in [3.8, 4) is 11.4 Å². The van der Waals surface area contributed by atoms with E-state index in [4.69, 9.17) is 4.52 Å². The number of hydrogen-bond acceptors (Lipinski definition) is 4. The maximum atomic E-state index is 11.3. The van der Waals surface area contributed by atoms with Gasteiger partial charge in [0, 0.05) is 10.0 Å². The zero-order valence-corrected chi connectivity index (χ0v) is 12.7. The normalized spacial score (nSPS) is 21.4. The number of benzene rings is 1. The fraction of sp³-hybridized carbons (Fsp3) is 0.267. The number of aromatic nitrogens is 2. The van der Waals surface area contributed by atoms with Crippen LogP contribution in [0.4, 0.5) is 0 Å². The fourth-order valence-corrected chi connectivity index (χ4v) is 2.89. The Balaban J connectivity index is 1.91. The van der Waals surface area contributed by atoms with Gasteiger partial charge in [-0.3, -0.25) is 4.79 Å². The molecule has 0 spiro atoms. The van der Waals surface area contributed by atoms with Gasteiger partial charge in [0.05, 0.1) is 11.8 Å². The molecule has 2 aromatic rings. The lowest BCUT2D eigenvalue weighted by Gasteiger charge is -2.21. The SMILES string of the molecule is O=C(O)C1CC=CCC1c1nc(-c2cccc(Br)c2)no1. The molecule has 0 bridgehead atoms. The van der Waals surface area contributed by atoms with Gasteiger partial charge in [0.1, 0.15) is 0 Å². The maximum Gasteiger partial charge on any atom is 0.307 e. The molecule has 2 atom stereocenters. The minimum absolute atomic E-state index is 0.263. The van der Waals surface area contributed by atoms with Crippen molar-refractivity contribution in [2.24, 2.45) is 5.92 Å². The van der Waals surface area contributed by atoms with E-state index in [-0.39, 0.29) is 5.92 Å². The van der Waals surface area contributed by atoms with Gasteiger partial charge in [0.15, 0.2) is 0 Å². The minimum atomic E-state index is -0.827. The molecule has 1 heterocycles. The first kappa shape index (κ1) is 14.0. The van der Waals surface area contributed by atoms with Crippen LogP contribution in [0.25, 0.3) is 11.4 Å². The van der Waals surface area contributed by atoms with Gasteiger partial charge in [-0.2, -0.15) is 4.98 Å². The molecule has 1 aromatic carbocycles. The van der Waals surface area contributed by atoms with Crippen LogP contribution in [0.2, 0.25) is 0 Å². The average Bonchev–Trinajstić information content (AvgIpc) is 2.97. The van der Waals surface area contributed by atoms with Gasteiger partial charge < -0.3 is 9.63 Å². The molecule has 0 amide bonds. The van der Waals surface area contributed by atoms with Crippen LogP contribution in [0.15, 0.2) is 45.4 Å². The van der Waals surface area contributed by atoms with E-state index in [9.17, 15) is 9.90 Å². The van der Waals surface area contributed by atoms with Crippen molar-refractivity contribution in [1.29, 1.82) is 0 Å². The Labute approximate surface area is 129 Å². The average molecular weight is 349 g/mol. The highest BCUT2D eigenvalue weighted by Crippen LogP contribution is 2.34. The Bertz CT molecular complexity index is 696. The molecule has 1 aliphatic carbocycles. The molecule has 2 unspecified atom stereocenters. The standard InChI is InChI=1S/C15H13BrN2O3/c16-10-5-3-4-9(8-10)13-17-14(21-18-13)11-6-1-2-7-12(11)15(19)20/h1-5,8,11-12H,6-7H2,(H,19,20). The summed E-state index contributed by atoms with van der Waals surface area (Å²) in [5, 5.41) is 13.3. The van der Waals surface area contributed by atoms with Crippen LogP contribution in [0, 0.1) is 5.92 Å². The minimum Gasteiger partial charge on any atom is -0.481 e. The summed E-state index contributed by atoms with van der Waals surface area (Å²) in [5.74, 6) is -0.731. The number of carbonyl (C=O) groups is 1. The third-order valence-electron chi connectivity index (χ3n) is 3.59. The first-order chi connectivity index (χ1) is 10.1. The second kappa shape index (κ2) is 5.81. The Morgan fingerprint density at radius 1 is 1.33 bits per heavy atom. The molecule has 1 N–H and O–H groups in total. The highest BCUT2D eigenvalue weighted by Gasteiger charge is 2.33. The third kappa shape index (κ3) is 2.90. The predicted octanol–water partition coefficient (Wildman–Crippen LogP) is 3.63. The van der Waals surface area contributed by atoms with E-state index < -0.39 is 11.9 Å². The van der Waals surface area contributed by atoms with Gasteiger partial charge in [-0.1, -0.05) is 45.4 Å². The molecule has 5 nitrogen and oxygen atoms in total. The van der Waals surface area contributed by atoms with Gasteiger partial charge >= 0.3 is 5.97 Å². The summed E-state index contributed by atoms with van der Waals surface area (Å²) in [6.07, 6.45) is 4.96. The summed E-state index contributed by atoms with van der Waals surface area (Å²) in [7, 11) is 0. The molecule has 0 aliphatic heterocycles. The summed E-state index contributed by atoms with van der Waals surface area (Å²) in [6.45, 7) is 0. The third-order valence-corrected chi connectivity index (χ3v) is 4.08. The van der Waals surface area contributed by atoms with Gasteiger partial charge in [0.25, 0.3) is 0 Å². The van der Waals surface area contributed by atoms with E-state index in [1.807, 2.05) is 36.4 Å². The lowest BCUT2D eigenvalue weighted by Crippen LogP contribution is -2.23. The largest absolute Gasteiger partial charge is 0.481 e. The quantitative estimate of drug-likeness (QED) is 0.857. The van der Waals surface area contributed by atoms with E-state index in [0.29, 0.717) is 24.6 Å². The number of rotatable bonds is 3. The van der Waals surface area contributed by atoms with Crippen LogP contribution < -0.4 is 0 Å². The van der Waals surface area contributed by atoms with E-state index in [2.05, 4.69) is 26.1 Å². The van der Waals surface area contributed by atoms with Crippen LogP contribution in [0.5, 0.6) is 0 Å². The fourth-order valence-electron chi connectivity index (χ4n) is 2.49. The van der Waals surface area contributed by atoms with E-state index in [0.717, 1.165) is 10.0 Å². The molecule has 1 aromatic heterocycles. The van der Waals surface area contributed by atoms with Gasteiger partial charge in [-0.25, -0.2) is 0 Å². The van der Waals surface area contributed by atoms with Gasteiger partial charge in [-0.05, 0) is 25.0 Å². The van der Waals surface area contributed by atoms with Gasteiger partial charge in [-0.15, -0.1) is 0 Å². The molecule has 0 fully saturated rings. The summed E-state index contributed by atoms with van der Waals surface area (Å²) in [6, 6.07) is 7.58. The number of allylic oxidation sites excluding steroid dienone is 2. The zero-order chi connectivity index (χ0) is 14.8. The number of nitrogens with zero attached hydrogens (tertiary/aromatic N) is 2. The topological polar surface area (TPSA) is 76.2 Å². The Kier molecular flexibility index (Phi) is 3.88. The molecular weight excluding hydrogens is 336 g/mol. The molecule has 0 saturated carbocycles. The Morgan fingerprint density at radius 2 is 2.14 bits per heavy atom. The van der Waals surface area contributed by atoms with Crippen molar-refractivity contribution in [1.82, 2.24) is 10.1 Å². The lowest BCUT2D eigenvalue weighted by atomic mass is 9.83. The molecule has 0 radical (unpaired) electrons. The molecule has 6 heteroatoms. The van der Waals surface area contributed by atoms with Crippen molar-refractivity contribution in [3.63, 3.8) is 0 Å². The van der Waals surface area contributed by atoms with Crippen LogP contribution in [0.1, 0.15) is 24.7 Å². The zero-order valence-electron chi connectivity index (χ0n) is 11.1. The molecule has 0 saturated heterocycles. The Morgan fingerprint density at radius 3 is 2.90 bits per heavy atom. The second-order valence-electron chi connectivity index (χ2n) is 4.96. The number of carboxylic acids is 1. The first-order valence-corrected chi connectivity index (χ1v) is 7.42. The number of hydrogen-bond donors (Lipinski definition) is 1. The van der Waals surface area contributed by atoms with Crippen molar-refractivity contribution in [2.45, 2.75) is 18.8 Å². The molecule has 21 heavy (non-hydrogen) atoms. The molecule has 1 aliphatic rings. The van der Waals surface area contributed by atoms with E-state index >= 15 is 0 Å². The van der Waals surface area contributed by atoms with Crippen LogP contribution in [0.3, 0.4) is 0 Å². The van der Waals surface area contributed by atoms with Crippen molar-refractivity contribution in [2.75, 3.05) is 0 Å². The van der Waals surface area contributed by atoms with Crippen LogP contribution in [-0.4, -0.2) is 21.2 Å². The first-order valence-electron chi connectivity index (χ1n) is 6.62. The van der Waals surface area contributed by atoms with E-state index in [1.165, 1.54) is 0 Å². The number of aliphatic carboxylic acids is 1. The van der Waals surface area contributed by atoms with Crippen LogP contribution in [-0.2, 0) is 4.79 Å². The summed E-state index contributed by atoms with van der Waals surface area (Å²) in [5.41, 5.74) is 0.831. The molecular formula is C15H13BrN2O3. The highest BCUT2D eigenvalue weighted by atomic mass is 79.9. The van der Waals surface area contributed by atoms with Crippen molar-refractivity contribution in [3.05, 3.63) is 46.8 Å².